The van der Waals surface area contributed by atoms with Gasteiger partial charge in [-0.25, -0.2) is 4.79 Å². The van der Waals surface area contributed by atoms with E-state index in [1.54, 1.807) is 30.9 Å². The number of hydrogen-bond donors (Lipinski definition) is 2. The van der Waals surface area contributed by atoms with E-state index in [1.807, 2.05) is 55.5 Å². The Balaban J connectivity index is 1.47. The molecule has 1 heterocycles. The lowest BCUT2D eigenvalue weighted by molar-refractivity contribution is 0.0960. The van der Waals surface area contributed by atoms with Gasteiger partial charge in [-0.1, -0.05) is 48.9 Å². The van der Waals surface area contributed by atoms with E-state index in [2.05, 4.69) is 33.5 Å². The number of nitrogens with one attached hydrogen (secondary N) is 2. The Kier molecular flexibility index (Phi) is 7.86. The number of anilines is 1. The molecule has 0 unspecified atom stereocenters. The zero-order valence-corrected chi connectivity index (χ0v) is 20.4. The quantitative estimate of drug-likeness (QED) is 0.453. The first-order chi connectivity index (χ1) is 17.1. The number of aliphatic imine (C=N–C) groups is 1. The molecule has 35 heavy (non-hydrogen) atoms. The van der Waals surface area contributed by atoms with E-state index in [4.69, 9.17) is 4.74 Å². The number of benzene rings is 3. The van der Waals surface area contributed by atoms with Crippen molar-refractivity contribution in [3.05, 3.63) is 89.0 Å². The predicted octanol–water partition coefficient (Wildman–Crippen LogP) is 5.51. The predicted molar refractivity (Wildman–Crippen MR) is 139 cm³/mol. The van der Waals surface area contributed by atoms with Crippen LogP contribution in [0.3, 0.4) is 0 Å². The second kappa shape index (κ2) is 11.4. The second-order valence-electron chi connectivity index (χ2n) is 7.75. The molecular weight excluding hydrogens is 458 g/mol. The van der Waals surface area contributed by atoms with Crippen LogP contribution in [0.15, 0.2) is 81.5 Å². The summed E-state index contributed by atoms with van der Waals surface area (Å²) in [6, 6.07) is 21.0. The Bertz CT molecular complexity index is 1350. The topological polar surface area (TPSA) is 79.8 Å². The summed E-state index contributed by atoms with van der Waals surface area (Å²) in [5.41, 5.74) is 4.91. The highest BCUT2D eigenvalue weighted by Gasteiger charge is 2.16. The maximum absolute atomic E-state index is 12.2. The third-order valence-electron chi connectivity index (χ3n) is 5.20. The summed E-state index contributed by atoms with van der Waals surface area (Å²) in [5, 5.41) is 5.41. The van der Waals surface area contributed by atoms with Gasteiger partial charge in [0.1, 0.15) is 5.71 Å². The fourth-order valence-corrected chi connectivity index (χ4v) is 4.52. The third kappa shape index (κ3) is 6.11. The first-order valence-electron chi connectivity index (χ1n) is 11.3. The molecule has 3 aromatic carbocycles. The Morgan fingerprint density at radius 1 is 1.06 bits per heavy atom. The monoisotopic (exact) mass is 483 g/mol. The van der Waals surface area contributed by atoms with Gasteiger partial charge in [-0.15, -0.1) is 0 Å². The van der Waals surface area contributed by atoms with Gasteiger partial charge in [-0.05, 0) is 60.4 Å². The molecule has 0 radical (unpaired) electrons. The van der Waals surface area contributed by atoms with Crippen molar-refractivity contribution in [2.75, 3.05) is 19.0 Å². The number of nitrogens with zero attached hydrogens (tertiary/aromatic N) is 1. The van der Waals surface area contributed by atoms with Gasteiger partial charge < -0.3 is 10.1 Å². The SMILES string of the molecule is CCCOC(=O)Nc1cccc(C#CC2=NCc3cc(Sc4ccccc4C(=O)NC)ccc32)c1. The largest absolute Gasteiger partial charge is 0.449 e. The van der Waals surface area contributed by atoms with E-state index in [9.17, 15) is 9.59 Å². The number of hydrogen-bond acceptors (Lipinski definition) is 5. The summed E-state index contributed by atoms with van der Waals surface area (Å²) in [6.45, 7) is 2.89. The minimum Gasteiger partial charge on any atom is -0.449 e. The zero-order chi connectivity index (χ0) is 24.6. The number of fused-ring (bicyclic) bond motifs is 1. The maximum Gasteiger partial charge on any atom is 0.411 e. The van der Waals surface area contributed by atoms with Crippen LogP contribution in [0.1, 0.15) is 40.4 Å². The molecule has 0 saturated heterocycles. The molecule has 0 atom stereocenters. The average Bonchev–Trinajstić information content (AvgIpc) is 3.28. The number of rotatable bonds is 6. The van der Waals surface area contributed by atoms with Crippen LogP contribution in [0.4, 0.5) is 10.5 Å². The first-order valence-corrected chi connectivity index (χ1v) is 12.1. The lowest BCUT2D eigenvalue weighted by Crippen LogP contribution is -2.18. The van der Waals surface area contributed by atoms with Crippen LogP contribution in [-0.4, -0.2) is 31.4 Å². The van der Waals surface area contributed by atoms with E-state index in [-0.39, 0.29) is 5.91 Å². The molecule has 0 spiro atoms. The van der Waals surface area contributed by atoms with Gasteiger partial charge in [0.2, 0.25) is 0 Å². The third-order valence-corrected chi connectivity index (χ3v) is 6.26. The standard InChI is InChI=1S/C28H25N3O3S/c1-3-15-34-28(33)31-21-8-6-7-19(16-21)11-14-25-23-13-12-22(17-20(23)18-30-25)35-26-10-5-4-9-24(26)27(32)29-2/h4-10,12-13,16-17H,3,15,18H2,1-2H3,(H,29,32)(H,31,33). The molecule has 7 heteroatoms. The van der Waals surface area contributed by atoms with Crippen LogP contribution in [-0.2, 0) is 11.3 Å². The number of carbonyl (C=O) groups excluding carboxylic acids is 2. The zero-order valence-electron chi connectivity index (χ0n) is 19.6. The van der Waals surface area contributed by atoms with Crippen molar-refractivity contribution in [1.82, 2.24) is 5.32 Å². The van der Waals surface area contributed by atoms with E-state index >= 15 is 0 Å². The van der Waals surface area contributed by atoms with E-state index in [0.29, 0.717) is 24.4 Å². The molecule has 0 fully saturated rings. The normalized spacial score (nSPS) is 11.5. The average molecular weight is 484 g/mol. The van der Waals surface area contributed by atoms with Gasteiger partial charge in [0.15, 0.2) is 0 Å². The lowest BCUT2D eigenvalue weighted by Gasteiger charge is -2.09. The Labute approximate surface area is 209 Å². The minimum absolute atomic E-state index is 0.104. The molecule has 176 valence electrons. The van der Waals surface area contributed by atoms with E-state index < -0.39 is 6.09 Å². The Morgan fingerprint density at radius 3 is 2.74 bits per heavy atom. The van der Waals surface area contributed by atoms with Crippen LogP contribution in [0, 0.1) is 11.8 Å². The van der Waals surface area contributed by atoms with E-state index in [0.717, 1.165) is 38.6 Å². The molecule has 0 aliphatic carbocycles. The second-order valence-corrected chi connectivity index (χ2v) is 8.87. The summed E-state index contributed by atoms with van der Waals surface area (Å²) >= 11 is 1.55. The lowest BCUT2D eigenvalue weighted by atomic mass is 10.1. The van der Waals surface area contributed by atoms with E-state index in [1.165, 1.54) is 0 Å². The van der Waals surface area contributed by atoms with Crippen molar-refractivity contribution >= 4 is 35.2 Å². The van der Waals surface area contributed by atoms with Crippen LogP contribution < -0.4 is 10.6 Å². The first kappa shape index (κ1) is 24.1. The summed E-state index contributed by atoms with van der Waals surface area (Å²) in [6.07, 6.45) is 0.295. The summed E-state index contributed by atoms with van der Waals surface area (Å²) in [5.74, 6) is 6.20. The highest BCUT2D eigenvalue weighted by Crippen LogP contribution is 2.33. The number of amides is 2. The maximum atomic E-state index is 12.2. The van der Waals surface area contributed by atoms with Crippen LogP contribution >= 0.6 is 11.8 Å². The number of carbonyl (C=O) groups is 2. The molecule has 0 bridgehead atoms. The van der Waals surface area contributed by atoms with Crippen LogP contribution in [0.25, 0.3) is 0 Å². The summed E-state index contributed by atoms with van der Waals surface area (Å²) in [7, 11) is 1.63. The van der Waals surface area contributed by atoms with Gasteiger partial charge in [-0.2, -0.15) is 0 Å². The van der Waals surface area contributed by atoms with Gasteiger partial charge in [-0.3, -0.25) is 15.1 Å². The van der Waals surface area contributed by atoms with Crippen LogP contribution in [0.5, 0.6) is 0 Å². The molecule has 1 aliphatic heterocycles. The molecule has 0 aromatic heterocycles. The minimum atomic E-state index is -0.474. The highest BCUT2D eigenvalue weighted by molar-refractivity contribution is 7.99. The van der Waals surface area contributed by atoms with Crippen molar-refractivity contribution in [3.63, 3.8) is 0 Å². The highest BCUT2D eigenvalue weighted by atomic mass is 32.2. The number of ether oxygens (including phenoxy) is 1. The van der Waals surface area contributed by atoms with Crippen molar-refractivity contribution in [1.29, 1.82) is 0 Å². The molecule has 3 aromatic rings. The molecule has 1 aliphatic rings. The van der Waals surface area contributed by atoms with Crippen molar-refractivity contribution in [2.45, 2.75) is 29.7 Å². The molecular formula is C28H25N3O3S. The molecule has 2 amide bonds. The van der Waals surface area contributed by atoms with Crippen molar-refractivity contribution in [3.8, 4) is 11.8 Å². The Hall–Kier alpha value is -4.02. The van der Waals surface area contributed by atoms with Gasteiger partial charge in [0.25, 0.3) is 5.91 Å². The van der Waals surface area contributed by atoms with Gasteiger partial charge >= 0.3 is 6.09 Å². The molecule has 0 saturated carbocycles. The van der Waals surface area contributed by atoms with Crippen LogP contribution in [0.2, 0.25) is 0 Å². The smallest absolute Gasteiger partial charge is 0.411 e. The molecule has 6 nitrogen and oxygen atoms in total. The summed E-state index contributed by atoms with van der Waals surface area (Å²) in [4.78, 5) is 30.5. The van der Waals surface area contributed by atoms with Crippen molar-refractivity contribution < 1.29 is 14.3 Å². The molecule has 4 rings (SSSR count). The summed E-state index contributed by atoms with van der Waals surface area (Å²) < 4.78 is 5.06. The fourth-order valence-electron chi connectivity index (χ4n) is 3.51. The molecule has 2 N–H and O–H groups in total. The van der Waals surface area contributed by atoms with Gasteiger partial charge in [0, 0.05) is 33.7 Å². The fraction of sp³-hybridized carbons (Fsp3) is 0.179. The van der Waals surface area contributed by atoms with Gasteiger partial charge in [0.05, 0.1) is 18.7 Å². The van der Waals surface area contributed by atoms with Crippen molar-refractivity contribution in [2.24, 2.45) is 4.99 Å². The Morgan fingerprint density at radius 2 is 1.91 bits per heavy atom.